The van der Waals surface area contributed by atoms with Gasteiger partial charge in [-0.25, -0.2) is 0 Å². The molecule has 31 heavy (non-hydrogen) atoms. The maximum absolute atomic E-state index is 12.9. The van der Waals surface area contributed by atoms with E-state index in [1.54, 1.807) is 12.0 Å². The molecule has 0 atom stereocenters. The molecule has 164 valence electrons. The molecule has 0 radical (unpaired) electrons. The average Bonchev–Trinajstić information content (AvgIpc) is 3.14. The van der Waals surface area contributed by atoms with Gasteiger partial charge in [-0.3, -0.25) is 9.59 Å². The second kappa shape index (κ2) is 10.2. The van der Waals surface area contributed by atoms with E-state index in [2.05, 4.69) is 16.4 Å². The highest BCUT2D eigenvalue weighted by atomic mass is 16.5. The number of nitrogens with one attached hydrogen (secondary N) is 2. The lowest BCUT2D eigenvalue weighted by Gasteiger charge is -2.21. The number of aryl methyl sites for hydroxylation is 1. The van der Waals surface area contributed by atoms with Gasteiger partial charge in [0.05, 0.1) is 13.7 Å². The van der Waals surface area contributed by atoms with Crippen LogP contribution < -0.4 is 10.1 Å². The molecule has 6 heteroatoms. The summed E-state index contributed by atoms with van der Waals surface area (Å²) in [6, 6.07) is 16.1. The number of fused-ring (bicyclic) bond motifs is 1. The zero-order chi connectivity index (χ0) is 22.4. The lowest BCUT2D eigenvalue weighted by atomic mass is 10.0. The van der Waals surface area contributed by atoms with E-state index >= 15 is 0 Å². The largest absolute Gasteiger partial charge is 0.497 e. The number of para-hydroxylation sites is 1. The van der Waals surface area contributed by atoms with E-state index in [1.165, 1.54) is 0 Å². The minimum atomic E-state index is -0.129. The number of amides is 2. The van der Waals surface area contributed by atoms with Crippen molar-refractivity contribution in [2.45, 2.75) is 39.7 Å². The minimum Gasteiger partial charge on any atom is -0.497 e. The summed E-state index contributed by atoms with van der Waals surface area (Å²) in [7, 11) is 1.65. The first kappa shape index (κ1) is 22.4. The van der Waals surface area contributed by atoms with Crippen molar-refractivity contribution in [1.82, 2.24) is 15.2 Å². The quantitative estimate of drug-likeness (QED) is 0.545. The summed E-state index contributed by atoms with van der Waals surface area (Å²) in [4.78, 5) is 30.1. The van der Waals surface area contributed by atoms with Crippen molar-refractivity contribution in [1.29, 1.82) is 0 Å². The molecule has 0 bridgehead atoms. The van der Waals surface area contributed by atoms with Crippen molar-refractivity contribution in [2.24, 2.45) is 0 Å². The summed E-state index contributed by atoms with van der Waals surface area (Å²) in [6.45, 7) is 6.31. The number of benzene rings is 2. The Morgan fingerprint density at radius 3 is 2.45 bits per heavy atom. The number of aromatic nitrogens is 1. The van der Waals surface area contributed by atoms with Crippen LogP contribution in [0.2, 0.25) is 0 Å². The number of hydrogen-bond acceptors (Lipinski definition) is 3. The van der Waals surface area contributed by atoms with E-state index in [4.69, 9.17) is 4.74 Å². The summed E-state index contributed by atoms with van der Waals surface area (Å²) in [5, 5.41) is 3.96. The molecule has 2 N–H and O–H groups in total. The van der Waals surface area contributed by atoms with Crippen LogP contribution in [0.4, 0.5) is 0 Å². The topological polar surface area (TPSA) is 74.4 Å². The molecule has 6 nitrogen and oxygen atoms in total. The van der Waals surface area contributed by atoms with Crippen molar-refractivity contribution in [3.63, 3.8) is 0 Å². The van der Waals surface area contributed by atoms with E-state index in [9.17, 15) is 9.59 Å². The summed E-state index contributed by atoms with van der Waals surface area (Å²) in [5.74, 6) is 0.651. The van der Waals surface area contributed by atoms with Gasteiger partial charge in [-0.15, -0.1) is 0 Å². The molecule has 0 aliphatic rings. The standard InChI is InChI=1S/C25H31N3O3/c1-5-28(16-23(29)26-17(2)3)24(30)15-14-21-20-8-6-7-9-22(20)27-25(21)18-10-12-19(31-4)13-11-18/h6-13,17,27H,5,14-16H2,1-4H3,(H,26,29). The number of aromatic amines is 1. The molecular formula is C25H31N3O3. The predicted molar refractivity (Wildman–Crippen MR) is 124 cm³/mol. The first-order chi connectivity index (χ1) is 14.9. The third-order valence-electron chi connectivity index (χ3n) is 5.30. The molecule has 0 aliphatic heterocycles. The SMILES string of the molecule is CCN(CC(=O)NC(C)C)C(=O)CCc1c(-c2ccc(OC)cc2)[nH]c2ccccc12. The number of rotatable bonds is 9. The number of methoxy groups -OCH3 is 1. The van der Waals surface area contributed by atoms with Crippen molar-refractivity contribution in [3.05, 3.63) is 54.1 Å². The van der Waals surface area contributed by atoms with Crippen LogP contribution in [-0.2, 0) is 16.0 Å². The molecule has 0 unspecified atom stereocenters. The summed E-state index contributed by atoms with van der Waals surface area (Å²) in [5.41, 5.74) is 4.21. The monoisotopic (exact) mass is 421 g/mol. The summed E-state index contributed by atoms with van der Waals surface area (Å²) in [6.07, 6.45) is 0.931. The van der Waals surface area contributed by atoms with Crippen LogP contribution in [0.3, 0.4) is 0 Å². The highest BCUT2D eigenvalue weighted by Crippen LogP contribution is 2.32. The van der Waals surface area contributed by atoms with Gasteiger partial charge < -0.3 is 19.9 Å². The summed E-state index contributed by atoms with van der Waals surface area (Å²) >= 11 is 0. The number of nitrogens with zero attached hydrogens (tertiary/aromatic N) is 1. The smallest absolute Gasteiger partial charge is 0.239 e. The van der Waals surface area contributed by atoms with Crippen LogP contribution in [0.1, 0.15) is 32.8 Å². The summed E-state index contributed by atoms with van der Waals surface area (Å²) < 4.78 is 5.27. The first-order valence-corrected chi connectivity index (χ1v) is 10.7. The minimum absolute atomic E-state index is 0.0210. The molecule has 1 aromatic heterocycles. The fourth-order valence-corrected chi connectivity index (χ4v) is 3.77. The van der Waals surface area contributed by atoms with Crippen LogP contribution in [0.25, 0.3) is 22.2 Å². The molecular weight excluding hydrogens is 390 g/mol. The highest BCUT2D eigenvalue weighted by molar-refractivity contribution is 5.92. The van der Waals surface area contributed by atoms with E-state index in [-0.39, 0.29) is 24.4 Å². The second-order valence-electron chi connectivity index (χ2n) is 7.88. The zero-order valence-electron chi connectivity index (χ0n) is 18.7. The van der Waals surface area contributed by atoms with Gasteiger partial charge in [0.1, 0.15) is 5.75 Å². The lowest BCUT2D eigenvalue weighted by molar-refractivity contribution is -0.136. The molecule has 3 rings (SSSR count). The maximum Gasteiger partial charge on any atom is 0.239 e. The fourth-order valence-electron chi connectivity index (χ4n) is 3.77. The molecule has 0 fully saturated rings. The Balaban J connectivity index is 1.81. The van der Waals surface area contributed by atoms with Crippen LogP contribution in [0.15, 0.2) is 48.5 Å². The fraction of sp³-hybridized carbons (Fsp3) is 0.360. The van der Waals surface area contributed by atoms with E-state index in [0.717, 1.165) is 33.5 Å². The maximum atomic E-state index is 12.9. The molecule has 2 amide bonds. The van der Waals surface area contributed by atoms with Crippen LogP contribution >= 0.6 is 0 Å². The Bertz CT molecular complexity index is 1040. The van der Waals surface area contributed by atoms with Gasteiger partial charge >= 0.3 is 0 Å². The normalized spacial score (nSPS) is 11.0. The van der Waals surface area contributed by atoms with E-state index in [1.807, 2.05) is 63.2 Å². The Kier molecular flexibility index (Phi) is 7.34. The number of hydrogen-bond donors (Lipinski definition) is 2. The van der Waals surface area contributed by atoms with Gasteiger partial charge in [0.2, 0.25) is 11.8 Å². The van der Waals surface area contributed by atoms with Gasteiger partial charge in [-0.2, -0.15) is 0 Å². The Morgan fingerprint density at radius 2 is 1.81 bits per heavy atom. The highest BCUT2D eigenvalue weighted by Gasteiger charge is 2.19. The Morgan fingerprint density at radius 1 is 1.10 bits per heavy atom. The lowest BCUT2D eigenvalue weighted by Crippen LogP contribution is -2.42. The molecule has 0 saturated heterocycles. The number of likely N-dealkylation sites (N-methyl/N-ethyl adjacent to an activating group) is 1. The molecule has 0 saturated carbocycles. The zero-order valence-corrected chi connectivity index (χ0v) is 18.7. The molecule has 0 spiro atoms. The van der Waals surface area contributed by atoms with Crippen molar-refractivity contribution >= 4 is 22.7 Å². The third kappa shape index (κ3) is 5.45. The molecule has 3 aromatic rings. The Labute approximate surface area is 183 Å². The van der Waals surface area contributed by atoms with Gasteiger partial charge in [-0.1, -0.05) is 18.2 Å². The van der Waals surface area contributed by atoms with E-state index in [0.29, 0.717) is 19.4 Å². The third-order valence-corrected chi connectivity index (χ3v) is 5.30. The van der Waals surface area contributed by atoms with Crippen molar-refractivity contribution in [3.8, 4) is 17.0 Å². The van der Waals surface area contributed by atoms with E-state index < -0.39 is 0 Å². The molecule has 2 aromatic carbocycles. The number of H-pyrrole nitrogens is 1. The first-order valence-electron chi connectivity index (χ1n) is 10.7. The van der Waals surface area contributed by atoms with Gasteiger partial charge in [-0.05, 0) is 68.7 Å². The van der Waals surface area contributed by atoms with Crippen LogP contribution in [0.5, 0.6) is 5.75 Å². The van der Waals surface area contributed by atoms with Gasteiger partial charge in [0, 0.05) is 35.6 Å². The predicted octanol–water partition coefficient (Wildman–Crippen LogP) is 4.15. The van der Waals surface area contributed by atoms with Crippen LogP contribution in [-0.4, -0.2) is 47.9 Å². The van der Waals surface area contributed by atoms with Gasteiger partial charge in [0.25, 0.3) is 0 Å². The second-order valence-corrected chi connectivity index (χ2v) is 7.88. The van der Waals surface area contributed by atoms with Gasteiger partial charge in [0.15, 0.2) is 0 Å². The van der Waals surface area contributed by atoms with Crippen molar-refractivity contribution < 1.29 is 14.3 Å². The number of ether oxygens (including phenoxy) is 1. The molecule has 1 heterocycles. The number of carbonyl (C=O) groups excluding carboxylic acids is 2. The molecule has 0 aliphatic carbocycles. The van der Waals surface area contributed by atoms with Crippen molar-refractivity contribution in [2.75, 3.05) is 20.2 Å². The number of carbonyl (C=O) groups is 2. The van der Waals surface area contributed by atoms with Crippen LogP contribution in [0, 0.1) is 0 Å². The Hall–Kier alpha value is -3.28. The average molecular weight is 422 g/mol.